The van der Waals surface area contributed by atoms with Gasteiger partial charge in [0.2, 0.25) is 0 Å². The smallest absolute Gasteiger partial charge is 0.349 e. The molecule has 2 rings (SSSR count). The van der Waals surface area contributed by atoms with Crippen LogP contribution in [0.15, 0.2) is 60.7 Å². The van der Waals surface area contributed by atoms with Gasteiger partial charge in [-0.25, -0.2) is 9.59 Å². The molecule has 2 aromatic carbocycles. The topological polar surface area (TPSA) is 98.8 Å². The van der Waals surface area contributed by atoms with Gasteiger partial charge < -0.3 is 20.3 Å². The third kappa shape index (κ3) is 7.21. The number of rotatable bonds is 7. The van der Waals surface area contributed by atoms with E-state index in [4.69, 9.17) is 20.3 Å². The second-order valence-electron chi connectivity index (χ2n) is 6.03. The van der Waals surface area contributed by atoms with Crippen LogP contribution in [-0.4, -0.2) is 29.3 Å². The number of esters is 1. The Hall–Kier alpha value is -2.70. The lowest BCUT2D eigenvalue weighted by atomic mass is 10.1. The molecule has 6 heteroatoms. The van der Waals surface area contributed by atoms with Crippen molar-refractivity contribution in [2.45, 2.75) is 39.0 Å². The van der Waals surface area contributed by atoms with Crippen LogP contribution >= 0.6 is 0 Å². The third-order valence-electron chi connectivity index (χ3n) is 3.77. The molecule has 0 radical (unpaired) electrons. The van der Waals surface area contributed by atoms with E-state index in [2.05, 4.69) is 0 Å². The summed E-state index contributed by atoms with van der Waals surface area (Å²) in [7, 11) is 0. The van der Waals surface area contributed by atoms with Gasteiger partial charge in [-0.15, -0.1) is 0 Å². The molecule has 0 spiro atoms. The van der Waals surface area contributed by atoms with Crippen LogP contribution < -0.4 is 5.73 Å². The molecular weight excluding hydrogens is 346 g/mol. The Bertz CT molecular complexity index is 703. The fourth-order valence-electron chi connectivity index (χ4n) is 2.04. The van der Waals surface area contributed by atoms with Crippen molar-refractivity contribution >= 4 is 11.9 Å². The maximum Gasteiger partial charge on any atom is 0.349 e. The minimum Gasteiger partial charge on any atom is -0.479 e. The molecule has 27 heavy (non-hydrogen) atoms. The van der Waals surface area contributed by atoms with Crippen molar-refractivity contribution in [2.75, 3.05) is 6.61 Å². The van der Waals surface area contributed by atoms with E-state index in [-0.39, 0.29) is 19.3 Å². The highest BCUT2D eigenvalue weighted by molar-refractivity contribution is 6.02. The second kappa shape index (κ2) is 11.1. The molecule has 0 aliphatic heterocycles. The van der Waals surface area contributed by atoms with Crippen LogP contribution in [0.5, 0.6) is 0 Å². The fraction of sp³-hybridized carbons (Fsp3) is 0.333. The van der Waals surface area contributed by atoms with Gasteiger partial charge >= 0.3 is 11.9 Å². The second-order valence-corrected chi connectivity index (χ2v) is 6.03. The summed E-state index contributed by atoms with van der Waals surface area (Å²) in [5, 5.41) is 9.08. The first-order valence-corrected chi connectivity index (χ1v) is 8.70. The van der Waals surface area contributed by atoms with Gasteiger partial charge in [0, 0.05) is 6.04 Å². The molecule has 0 bridgehead atoms. The molecule has 3 N–H and O–H groups in total. The summed E-state index contributed by atoms with van der Waals surface area (Å²) in [6, 6.07) is 19.2. The first-order chi connectivity index (χ1) is 12.8. The standard InChI is InChI=1S/C13H16O5.C8H11N/c1-3-17-12(16)13(2,11(14)15)18-9-10-7-5-4-6-8-10;1-7(9)8-5-3-2-4-6-8/h4-8H,3,9H2,1-2H3,(H,14,15);2-7H,9H2,1H3/t;7-/m.0/s1. The maximum atomic E-state index is 11.6. The van der Waals surface area contributed by atoms with E-state index >= 15 is 0 Å². The van der Waals surface area contributed by atoms with Crippen molar-refractivity contribution in [1.29, 1.82) is 0 Å². The summed E-state index contributed by atoms with van der Waals surface area (Å²) >= 11 is 0. The average Bonchev–Trinajstić information content (AvgIpc) is 2.68. The molecule has 0 saturated carbocycles. The van der Waals surface area contributed by atoms with Crippen molar-refractivity contribution < 1.29 is 24.2 Å². The van der Waals surface area contributed by atoms with Gasteiger partial charge in [0.15, 0.2) is 0 Å². The van der Waals surface area contributed by atoms with Gasteiger partial charge in [-0.1, -0.05) is 60.7 Å². The lowest BCUT2D eigenvalue weighted by molar-refractivity contribution is -0.186. The predicted molar refractivity (Wildman–Crippen MR) is 103 cm³/mol. The number of carboxylic acid groups (broad SMARTS) is 1. The van der Waals surface area contributed by atoms with E-state index in [0.29, 0.717) is 0 Å². The number of carboxylic acids is 1. The first kappa shape index (κ1) is 22.3. The molecule has 0 fully saturated rings. The fourth-order valence-corrected chi connectivity index (χ4v) is 2.04. The number of benzene rings is 2. The Morgan fingerprint density at radius 1 is 1.07 bits per heavy atom. The van der Waals surface area contributed by atoms with E-state index < -0.39 is 17.5 Å². The van der Waals surface area contributed by atoms with Crippen molar-refractivity contribution in [3.63, 3.8) is 0 Å². The van der Waals surface area contributed by atoms with Crippen molar-refractivity contribution in [2.24, 2.45) is 5.73 Å². The molecule has 0 heterocycles. The van der Waals surface area contributed by atoms with E-state index in [1.807, 2.05) is 43.3 Å². The van der Waals surface area contributed by atoms with Gasteiger partial charge in [0.1, 0.15) is 0 Å². The average molecular weight is 373 g/mol. The minimum atomic E-state index is -1.98. The molecule has 2 aromatic rings. The summed E-state index contributed by atoms with van der Waals surface area (Å²) in [5.74, 6) is -2.26. The lowest BCUT2D eigenvalue weighted by Gasteiger charge is -2.22. The van der Waals surface area contributed by atoms with Crippen LogP contribution in [0, 0.1) is 0 Å². The molecule has 0 aliphatic carbocycles. The number of aliphatic carboxylic acids is 1. The van der Waals surface area contributed by atoms with Gasteiger partial charge in [-0.2, -0.15) is 0 Å². The zero-order chi connectivity index (χ0) is 20.3. The highest BCUT2D eigenvalue weighted by Gasteiger charge is 2.44. The summed E-state index contributed by atoms with van der Waals surface area (Å²) in [4.78, 5) is 22.7. The highest BCUT2D eigenvalue weighted by atomic mass is 16.6. The van der Waals surface area contributed by atoms with Crippen LogP contribution in [0.3, 0.4) is 0 Å². The molecule has 0 aromatic heterocycles. The van der Waals surface area contributed by atoms with Gasteiger partial charge in [0.25, 0.3) is 5.60 Å². The normalized spacial score (nSPS) is 13.5. The Morgan fingerprint density at radius 2 is 1.59 bits per heavy atom. The molecule has 1 unspecified atom stereocenters. The number of nitrogens with two attached hydrogens (primary N) is 1. The van der Waals surface area contributed by atoms with Gasteiger partial charge in [-0.3, -0.25) is 0 Å². The third-order valence-corrected chi connectivity index (χ3v) is 3.77. The Kier molecular flexibility index (Phi) is 9.19. The SMILES string of the molecule is CCOC(=O)C(C)(OCc1ccccc1)C(=O)O.C[C@H](N)c1ccccc1. The number of hydrogen-bond acceptors (Lipinski definition) is 5. The molecule has 0 aliphatic rings. The Labute approximate surface area is 159 Å². The maximum absolute atomic E-state index is 11.6. The number of hydrogen-bond donors (Lipinski definition) is 2. The van der Waals surface area contributed by atoms with Gasteiger partial charge in [-0.05, 0) is 31.9 Å². The predicted octanol–water partition coefficient (Wildman–Crippen LogP) is 3.32. The van der Waals surface area contributed by atoms with Crippen molar-refractivity contribution in [3.05, 3.63) is 71.8 Å². The molecule has 0 saturated heterocycles. The zero-order valence-electron chi connectivity index (χ0n) is 15.9. The lowest BCUT2D eigenvalue weighted by Crippen LogP contribution is -2.47. The van der Waals surface area contributed by atoms with Crippen molar-refractivity contribution in [1.82, 2.24) is 0 Å². The molecule has 0 amide bonds. The quantitative estimate of drug-likeness (QED) is 0.571. The van der Waals surface area contributed by atoms with Gasteiger partial charge in [0.05, 0.1) is 13.2 Å². The van der Waals surface area contributed by atoms with E-state index in [1.165, 1.54) is 12.5 Å². The van der Waals surface area contributed by atoms with Crippen molar-refractivity contribution in [3.8, 4) is 0 Å². The number of carbonyl (C=O) groups excluding carboxylic acids is 1. The van der Waals surface area contributed by atoms with E-state index in [9.17, 15) is 9.59 Å². The summed E-state index contributed by atoms with van der Waals surface area (Å²) in [6.45, 7) is 4.92. The number of carbonyl (C=O) groups is 2. The van der Waals surface area contributed by atoms with Crippen LogP contribution in [0.4, 0.5) is 0 Å². The first-order valence-electron chi connectivity index (χ1n) is 8.70. The molecule has 2 atom stereocenters. The monoisotopic (exact) mass is 373 g/mol. The Balaban J connectivity index is 0.000000337. The van der Waals surface area contributed by atoms with Crippen LogP contribution in [0.25, 0.3) is 0 Å². The molecular formula is C21H27NO5. The summed E-state index contributed by atoms with van der Waals surface area (Å²) in [5.41, 5.74) is 5.61. The minimum absolute atomic E-state index is 0.0302. The van der Waals surface area contributed by atoms with E-state index in [0.717, 1.165) is 5.56 Å². The molecule has 146 valence electrons. The summed E-state index contributed by atoms with van der Waals surface area (Å²) < 4.78 is 9.93. The van der Waals surface area contributed by atoms with Crippen LogP contribution in [0.2, 0.25) is 0 Å². The number of ether oxygens (including phenoxy) is 2. The largest absolute Gasteiger partial charge is 0.479 e. The summed E-state index contributed by atoms with van der Waals surface area (Å²) in [6.07, 6.45) is 0. The zero-order valence-corrected chi connectivity index (χ0v) is 15.9. The molecule has 6 nitrogen and oxygen atoms in total. The van der Waals surface area contributed by atoms with Crippen LogP contribution in [0.1, 0.15) is 37.9 Å². The van der Waals surface area contributed by atoms with E-state index in [1.54, 1.807) is 31.2 Å². The van der Waals surface area contributed by atoms with Crippen LogP contribution in [-0.2, 0) is 25.7 Å². The Morgan fingerprint density at radius 3 is 2.00 bits per heavy atom. The highest BCUT2D eigenvalue weighted by Crippen LogP contribution is 2.16.